The minimum absolute atomic E-state index is 0.126. The van der Waals surface area contributed by atoms with Crippen LogP contribution in [0.3, 0.4) is 0 Å². The van der Waals surface area contributed by atoms with E-state index in [-0.39, 0.29) is 6.10 Å². The first-order valence-electron chi connectivity index (χ1n) is 5.36. The molecule has 3 nitrogen and oxygen atoms in total. The zero-order chi connectivity index (χ0) is 10.4. The highest BCUT2D eigenvalue weighted by atomic mass is 16.3. The van der Waals surface area contributed by atoms with E-state index in [4.69, 9.17) is 0 Å². The third-order valence-corrected chi connectivity index (χ3v) is 3.19. The molecule has 0 unspecified atom stereocenters. The highest BCUT2D eigenvalue weighted by Crippen LogP contribution is 2.34. The lowest BCUT2D eigenvalue weighted by atomic mass is 9.89. The normalized spacial score (nSPS) is 25.5. The second-order valence-electron chi connectivity index (χ2n) is 4.43. The fraction of sp³-hybridized carbons (Fsp3) is 0.417. The first-order valence-corrected chi connectivity index (χ1v) is 5.36. The van der Waals surface area contributed by atoms with Crippen molar-refractivity contribution in [3.05, 3.63) is 30.0 Å². The number of rotatable bonds is 1. The van der Waals surface area contributed by atoms with Crippen molar-refractivity contribution in [3.63, 3.8) is 0 Å². The van der Waals surface area contributed by atoms with Gasteiger partial charge < -0.3 is 5.11 Å². The van der Waals surface area contributed by atoms with Crippen molar-refractivity contribution in [2.24, 2.45) is 0 Å². The average Bonchev–Trinajstić information content (AvgIpc) is 2.56. The van der Waals surface area contributed by atoms with Crippen molar-refractivity contribution < 1.29 is 5.11 Å². The van der Waals surface area contributed by atoms with Gasteiger partial charge in [0.1, 0.15) is 0 Å². The number of fused-ring (bicyclic) bond motifs is 1. The Labute approximate surface area is 88.3 Å². The number of aryl methyl sites for hydroxylation is 1. The summed E-state index contributed by atoms with van der Waals surface area (Å²) < 4.78 is 2.05. The number of aliphatic hydroxyl groups excluding tert-OH is 1. The molecule has 1 saturated carbocycles. The third kappa shape index (κ3) is 1.35. The number of hydrogen-bond acceptors (Lipinski definition) is 2. The van der Waals surface area contributed by atoms with E-state index in [0.717, 1.165) is 12.8 Å². The van der Waals surface area contributed by atoms with Crippen LogP contribution < -0.4 is 0 Å². The molecule has 1 heterocycles. The molecule has 0 aliphatic heterocycles. The molecular formula is C12H14N2O. The fourth-order valence-corrected chi connectivity index (χ4v) is 2.20. The molecule has 0 saturated heterocycles. The summed E-state index contributed by atoms with van der Waals surface area (Å²) in [6, 6.07) is 6.75. The Balaban J connectivity index is 2.07. The van der Waals surface area contributed by atoms with E-state index < -0.39 is 0 Å². The van der Waals surface area contributed by atoms with Crippen LogP contribution >= 0.6 is 0 Å². The van der Waals surface area contributed by atoms with Crippen LogP contribution in [-0.4, -0.2) is 21.0 Å². The van der Waals surface area contributed by atoms with E-state index in [1.54, 1.807) is 0 Å². The van der Waals surface area contributed by atoms with Gasteiger partial charge in [0.2, 0.25) is 0 Å². The summed E-state index contributed by atoms with van der Waals surface area (Å²) in [5.41, 5.74) is 2.44. The molecule has 1 aromatic heterocycles. The Bertz CT molecular complexity index is 497. The van der Waals surface area contributed by atoms with Gasteiger partial charge in [-0.3, -0.25) is 4.68 Å². The average molecular weight is 202 g/mol. The maximum Gasteiger partial charge on any atom is 0.0688 e. The summed E-state index contributed by atoms with van der Waals surface area (Å²) in [6.45, 7) is 2.09. The Kier molecular flexibility index (Phi) is 1.83. The SMILES string of the molecule is Cc1ccc2cnn([C@H]3C[C@@H](O)C3)c2c1. The Hall–Kier alpha value is -1.35. The molecule has 3 heteroatoms. The van der Waals surface area contributed by atoms with Crippen LogP contribution in [0.1, 0.15) is 24.4 Å². The van der Waals surface area contributed by atoms with Crippen LogP contribution in [0.5, 0.6) is 0 Å². The maximum atomic E-state index is 9.30. The first kappa shape index (κ1) is 8.92. The van der Waals surface area contributed by atoms with Crippen molar-refractivity contribution in [2.45, 2.75) is 31.9 Å². The van der Waals surface area contributed by atoms with E-state index in [2.05, 4.69) is 34.9 Å². The van der Waals surface area contributed by atoms with E-state index >= 15 is 0 Å². The van der Waals surface area contributed by atoms with Gasteiger partial charge in [-0.15, -0.1) is 0 Å². The summed E-state index contributed by atoms with van der Waals surface area (Å²) in [6.07, 6.45) is 3.45. The Morgan fingerprint density at radius 1 is 1.40 bits per heavy atom. The summed E-state index contributed by atoms with van der Waals surface area (Å²) in [5, 5.41) is 14.9. The van der Waals surface area contributed by atoms with Crippen molar-refractivity contribution in [1.29, 1.82) is 0 Å². The standard InChI is InChI=1S/C12H14N2O/c1-8-2-3-9-7-13-14(12(9)4-8)10-5-11(15)6-10/h2-4,7,10-11,15H,5-6H2,1H3/t10-,11+. The lowest BCUT2D eigenvalue weighted by Crippen LogP contribution is -2.31. The van der Waals surface area contributed by atoms with Gasteiger partial charge in [0.25, 0.3) is 0 Å². The molecule has 1 aliphatic rings. The smallest absolute Gasteiger partial charge is 0.0688 e. The van der Waals surface area contributed by atoms with E-state index in [9.17, 15) is 5.11 Å². The minimum Gasteiger partial charge on any atom is -0.393 e. The Morgan fingerprint density at radius 3 is 2.93 bits per heavy atom. The van der Waals surface area contributed by atoms with Gasteiger partial charge in [-0.25, -0.2) is 0 Å². The molecule has 78 valence electrons. The molecule has 1 aliphatic carbocycles. The lowest BCUT2D eigenvalue weighted by Gasteiger charge is -2.31. The van der Waals surface area contributed by atoms with Crippen LogP contribution in [-0.2, 0) is 0 Å². The number of hydrogen-bond donors (Lipinski definition) is 1. The van der Waals surface area contributed by atoms with Gasteiger partial charge >= 0.3 is 0 Å². The Morgan fingerprint density at radius 2 is 2.20 bits per heavy atom. The largest absolute Gasteiger partial charge is 0.393 e. The number of aromatic nitrogens is 2. The number of aliphatic hydroxyl groups is 1. The van der Waals surface area contributed by atoms with Gasteiger partial charge in [-0.1, -0.05) is 12.1 Å². The van der Waals surface area contributed by atoms with Gasteiger partial charge in [-0.2, -0.15) is 5.10 Å². The van der Waals surface area contributed by atoms with Crippen LogP contribution in [0.15, 0.2) is 24.4 Å². The number of benzene rings is 1. The monoisotopic (exact) mass is 202 g/mol. The maximum absolute atomic E-state index is 9.30. The third-order valence-electron chi connectivity index (χ3n) is 3.19. The molecule has 15 heavy (non-hydrogen) atoms. The molecule has 0 radical (unpaired) electrons. The summed E-state index contributed by atoms with van der Waals surface area (Å²) in [4.78, 5) is 0. The molecule has 1 N–H and O–H groups in total. The molecule has 1 aromatic carbocycles. The van der Waals surface area contributed by atoms with Crippen molar-refractivity contribution in [2.75, 3.05) is 0 Å². The molecule has 0 atom stereocenters. The van der Waals surface area contributed by atoms with Crippen molar-refractivity contribution in [3.8, 4) is 0 Å². The van der Waals surface area contributed by atoms with Gasteiger partial charge in [0, 0.05) is 5.39 Å². The quantitative estimate of drug-likeness (QED) is 0.768. The first-order chi connectivity index (χ1) is 7.24. The number of nitrogens with zero attached hydrogens (tertiary/aromatic N) is 2. The second kappa shape index (κ2) is 3.07. The lowest BCUT2D eigenvalue weighted by molar-refractivity contribution is 0.0453. The van der Waals surface area contributed by atoms with Gasteiger partial charge in [0.05, 0.1) is 23.9 Å². The predicted octanol–water partition coefficient (Wildman–Crippen LogP) is 2.04. The van der Waals surface area contributed by atoms with Gasteiger partial charge in [0.15, 0.2) is 0 Å². The van der Waals surface area contributed by atoms with Crippen LogP contribution in [0.4, 0.5) is 0 Å². The molecule has 0 amide bonds. The van der Waals surface area contributed by atoms with E-state index in [1.165, 1.54) is 16.5 Å². The van der Waals surface area contributed by atoms with Gasteiger partial charge in [-0.05, 0) is 31.4 Å². The highest BCUT2D eigenvalue weighted by molar-refractivity contribution is 5.79. The van der Waals surface area contributed by atoms with Crippen molar-refractivity contribution in [1.82, 2.24) is 9.78 Å². The highest BCUT2D eigenvalue weighted by Gasteiger charge is 2.30. The van der Waals surface area contributed by atoms with E-state index in [1.807, 2.05) is 6.20 Å². The summed E-state index contributed by atoms with van der Waals surface area (Å²) in [7, 11) is 0. The molecule has 0 bridgehead atoms. The van der Waals surface area contributed by atoms with Crippen LogP contribution in [0.2, 0.25) is 0 Å². The fourth-order valence-electron chi connectivity index (χ4n) is 2.20. The molecular weight excluding hydrogens is 188 g/mol. The predicted molar refractivity (Wildman–Crippen MR) is 58.7 cm³/mol. The molecule has 3 rings (SSSR count). The zero-order valence-electron chi connectivity index (χ0n) is 8.72. The summed E-state index contributed by atoms with van der Waals surface area (Å²) >= 11 is 0. The molecule has 0 spiro atoms. The van der Waals surface area contributed by atoms with Crippen molar-refractivity contribution >= 4 is 10.9 Å². The minimum atomic E-state index is -0.126. The zero-order valence-corrected chi connectivity index (χ0v) is 8.72. The summed E-state index contributed by atoms with van der Waals surface area (Å²) in [5.74, 6) is 0. The topological polar surface area (TPSA) is 38.0 Å². The molecule has 2 aromatic rings. The second-order valence-corrected chi connectivity index (χ2v) is 4.43. The van der Waals surface area contributed by atoms with E-state index in [0.29, 0.717) is 6.04 Å². The van der Waals surface area contributed by atoms with Crippen LogP contribution in [0.25, 0.3) is 10.9 Å². The molecule has 1 fully saturated rings. The van der Waals surface area contributed by atoms with Crippen LogP contribution in [0, 0.1) is 6.92 Å².